The molecular formula is C19H30IN3OS. The molecule has 6 heteroatoms. The summed E-state index contributed by atoms with van der Waals surface area (Å²) in [6.45, 7) is 4.60. The summed E-state index contributed by atoms with van der Waals surface area (Å²) in [5, 5.41) is 16.7. The fraction of sp³-hybridized carbons (Fsp3) is 0.632. The van der Waals surface area contributed by atoms with Gasteiger partial charge in [0, 0.05) is 28.6 Å². The van der Waals surface area contributed by atoms with Crippen LogP contribution in [0.2, 0.25) is 0 Å². The predicted octanol–water partition coefficient (Wildman–Crippen LogP) is 3.65. The van der Waals surface area contributed by atoms with Crippen molar-refractivity contribution in [2.75, 3.05) is 19.6 Å². The van der Waals surface area contributed by atoms with Gasteiger partial charge in [0.15, 0.2) is 5.96 Å². The second-order valence-corrected chi connectivity index (χ2v) is 8.47. The van der Waals surface area contributed by atoms with E-state index in [0.717, 1.165) is 44.9 Å². The number of benzene rings is 1. The second-order valence-electron chi connectivity index (χ2n) is 6.93. The van der Waals surface area contributed by atoms with E-state index in [4.69, 9.17) is 4.99 Å². The van der Waals surface area contributed by atoms with Gasteiger partial charge >= 0.3 is 0 Å². The first-order valence-electron chi connectivity index (χ1n) is 9.15. The molecule has 0 aliphatic heterocycles. The van der Waals surface area contributed by atoms with E-state index in [1.54, 1.807) is 0 Å². The standard InChI is InChI=1S/C19H29N3OS.HI/c1-2-20-18(21-13-15-7-6-10-17(15)23)22-14-19(11-12-19)24-16-8-4-3-5-9-16;/h3-5,8-9,15,17,23H,2,6-7,10-14H2,1H3,(H2,20,21,22);1H. The lowest BCUT2D eigenvalue weighted by atomic mass is 10.1. The first kappa shape index (κ1) is 20.8. The van der Waals surface area contributed by atoms with Gasteiger partial charge in [-0.2, -0.15) is 0 Å². The summed E-state index contributed by atoms with van der Waals surface area (Å²) in [5.41, 5.74) is 0. The third-order valence-electron chi connectivity index (χ3n) is 4.91. The van der Waals surface area contributed by atoms with Crippen molar-refractivity contribution >= 4 is 41.7 Å². The molecule has 140 valence electrons. The van der Waals surface area contributed by atoms with Crippen LogP contribution in [0.5, 0.6) is 0 Å². The average molecular weight is 475 g/mol. The Kier molecular flexibility index (Phi) is 8.35. The van der Waals surface area contributed by atoms with Gasteiger partial charge in [0.05, 0.1) is 12.6 Å². The zero-order valence-corrected chi connectivity index (χ0v) is 18.1. The summed E-state index contributed by atoms with van der Waals surface area (Å²) >= 11 is 1.96. The van der Waals surface area contributed by atoms with Crippen molar-refractivity contribution in [3.8, 4) is 0 Å². The van der Waals surface area contributed by atoms with Gasteiger partial charge in [-0.3, -0.25) is 4.99 Å². The molecule has 0 bridgehead atoms. The molecule has 0 radical (unpaired) electrons. The van der Waals surface area contributed by atoms with Crippen molar-refractivity contribution in [1.82, 2.24) is 10.6 Å². The second kappa shape index (κ2) is 10.0. The summed E-state index contributed by atoms with van der Waals surface area (Å²) in [5.74, 6) is 1.25. The summed E-state index contributed by atoms with van der Waals surface area (Å²) in [7, 11) is 0. The summed E-state index contributed by atoms with van der Waals surface area (Å²) in [6.07, 6.45) is 5.51. The molecule has 3 N–H and O–H groups in total. The maximum absolute atomic E-state index is 9.96. The topological polar surface area (TPSA) is 56.7 Å². The Balaban J connectivity index is 0.00000225. The SMILES string of the molecule is CCNC(=NCC1(Sc2ccccc2)CC1)NCC1CCCC1O.I. The van der Waals surface area contributed by atoms with Crippen LogP contribution in [0.15, 0.2) is 40.2 Å². The van der Waals surface area contributed by atoms with Gasteiger partial charge in [-0.1, -0.05) is 24.6 Å². The zero-order chi connectivity index (χ0) is 16.8. The third-order valence-corrected chi connectivity index (χ3v) is 6.38. The number of halogens is 1. The molecule has 0 saturated heterocycles. The molecule has 0 spiro atoms. The van der Waals surface area contributed by atoms with E-state index >= 15 is 0 Å². The molecule has 0 amide bonds. The number of aliphatic hydroxyl groups is 1. The number of aliphatic hydroxyl groups excluding tert-OH is 1. The van der Waals surface area contributed by atoms with Crippen LogP contribution in [0.1, 0.15) is 39.0 Å². The lowest BCUT2D eigenvalue weighted by Crippen LogP contribution is -2.41. The van der Waals surface area contributed by atoms with Crippen LogP contribution in [-0.4, -0.2) is 41.6 Å². The van der Waals surface area contributed by atoms with Gasteiger partial charge in [-0.25, -0.2) is 0 Å². The van der Waals surface area contributed by atoms with Gasteiger partial charge < -0.3 is 15.7 Å². The Hall–Kier alpha value is -0.470. The minimum absolute atomic E-state index is 0. The van der Waals surface area contributed by atoms with Crippen molar-refractivity contribution < 1.29 is 5.11 Å². The molecule has 4 nitrogen and oxygen atoms in total. The van der Waals surface area contributed by atoms with Crippen molar-refractivity contribution in [2.45, 2.75) is 54.8 Å². The van der Waals surface area contributed by atoms with E-state index in [1.165, 1.54) is 17.7 Å². The Labute approximate surface area is 172 Å². The fourth-order valence-corrected chi connectivity index (χ4v) is 4.45. The van der Waals surface area contributed by atoms with Crippen molar-refractivity contribution in [1.29, 1.82) is 0 Å². The molecule has 2 unspecified atom stereocenters. The van der Waals surface area contributed by atoms with E-state index in [1.807, 2.05) is 11.8 Å². The van der Waals surface area contributed by atoms with Crippen LogP contribution in [0, 0.1) is 5.92 Å². The number of guanidine groups is 1. The fourth-order valence-electron chi connectivity index (χ4n) is 3.22. The van der Waals surface area contributed by atoms with Crippen molar-refractivity contribution in [3.63, 3.8) is 0 Å². The van der Waals surface area contributed by atoms with Gasteiger partial charge in [0.2, 0.25) is 0 Å². The normalized spacial score (nSPS) is 24.5. The van der Waals surface area contributed by atoms with Crippen LogP contribution < -0.4 is 10.6 Å². The maximum atomic E-state index is 9.96. The highest BCUT2D eigenvalue weighted by molar-refractivity contribution is 14.0. The number of hydrogen-bond acceptors (Lipinski definition) is 3. The van der Waals surface area contributed by atoms with Crippen LogP contribution in [0.25, 0.3) is 0 Å². The highest BCUT2D eigenvalue weighted by atomic mass is 127. The molecule has 2 atom stereocenters. The lowest BCUT2D eigenvalue weighted by molar-refractivity contribution is 0.134. The van der Waals surface area contributed by atoms with Crippen LogP contribution in [0.4, 0.5) is 0 Å². The third kappa shape index (κ3) is 6.32. The van der Waals surface area contributed by atoms with Crippen LogP contribution in [-0.2, 0) is 0 Å². The van der Waals surface area contributed by atoms with E-state index in [9.17, 15) is 5.11 Å². The number of hydrogen-bond donors (Lipinski definition) is 3. The molecule has 1 aromatic carbocycles. The molecule has 3 rings (SSSR count). The highest BCUT2D eigenvalue weighted by Gasteiger charge is 2.43. The van der Waals surface area contributed by atoms with Crippen molar-refractivity contribution in [3.05, 3.63) is 30.3 Å². The Morgan fingerprint density at radius 2 is 2.00 bits per heavy atom. The van der Waals surface area contributed by atoms with Crippen molar-refractivity contribution in [2.24, 2.45) is 10.9 Å². The number of rotatable bonds is 7. The van der Waals surface area contributed by atoms with E-state index in [2.05, 4.69) is 47.9 Å². The zero-order valence-electron chi connectivity index (χ0n) is 14.9. The van der Waals surface area contributed by atoms with Gasteiger partial charge in [0.1, 0.15) is 0 Å². The number of nitrogens with zero attached hydrogens (tertiary/aromatic N) is 1. The number of aliphatic imine (C=N–C) groups is 1. The lowest BCUT2D eigenvalue weighted by Gasteiger charge is -2.19. The van der Waals surface area contributed by atoms with Gasteiger partial charge in [-0.15, -0.1) is 35.7 Å². The molecule has 2 aliphatic carbocycles. The quantitative estimate of drug-likeness (QED) is 0.320. The Morgan fingerprint density at radius 1 is 1.24 bits per heavy atom. The van der Waals surface area contributed by atoms with E-state index in [-0.39, 0.29) is 34.8 Å². The number of nitrogens with one attached hydrogen (secondary N) is 2. The highest BCUT2D eigenvalue weighted by Crippen LogP contribution is 2.51. The molecule has 2 saturated carbocycles. The minimum Gasteiger partial charge on any atom is -0.393 e. The molecule has 0 heterocycles. The molecule has 25 heavy (non-hydrogen) atoms. The Bertz CT molecular complexity index is 551. The van der Waals surface area contributed by atoms with Crippen LogP contribution in [0.3, 0.4) is 0 Å². The predicted molar refractivity (Wildman–Crippen MR) is 117 cm³/mol. The minimum atomic E-state index is -0.149. The van der Waals surface area contributed by atoms with E-state index < -0.39 is 0 Å². The molecule has 1 aromatic rings. The monoisotopic (exact) mass is 475 g/mol. The van der Waals surface area contributed by atoms with Gasteiger partial charge in [0.25, 0.3) is 0 Å². The average Bonchev–Trinajstić information content (AvgIpc) is 3.23. The summed E-state index contributed by atoms with van der Waals surface area (Å²) in [4.78, 5) is 6.15. The smallest absolute Gasteiger partial charge is 0.191 e. The summed E-state index contributed by atoms with van der Waals surface area (Å²) in [6, 6.07) is 10.6. The van der Waals surface area contributed by atoms with Crippen LogP contribution >= 0.6 is 35.7 Å². The van der Waals surface area contributed by atoms with Gasteiger partial charge in [-0.05, 0) is 44.7 Å². The largest absolute Gasteiger partial charge is 0.393 e. The molecule has 2 fully saturated rings. The summed E-state index contributed by atoms with van der Waals surface area (Å²) < 4.78 is 0.274. The first-order valence-corrected chi connectivity index (χ1v) is 9.97. The molecule has 2 aliphatic rings. The number of thioether (sulfide) groups is 1. The molecular weight excluding hydrogens is 445 g/mol. The Morgan fingerprint density at radius 3 is 2.60 bits per heavy atom. The first-order chi connectivity index (χ1) is 11.7. The maximum Gasteiger partial charge on any atom is 0.191 e. The molecule has 0 aromatic heterocycles. The van der Waals surface area contributed by atoms with E-state index in [0.29, 0.717) is 5.92 Å².